The number of rotatable bonds is 9. The molecule has 254 valence electrons. The Morgan fingerprint density at radius 1 is 1.22 bits per heavy atom. The number of aromatic nitrogens is 1. The van der Waals surface area contributed by atoms with Gasteiger partial charge in [-0.3, -0.25) is 4.79 Å². The van der Waals surface area contributed by atoms with Gasteiger partial charge in [0.1, 0.15) is 29.8 Å². The van der Waals surface area contributed by atoms with Crippen molar-refractivity contribution >= 4 is 18.0 Å². The molecule has 0 saturated carbocycles. The molecule has 1 aromatic rings. The number of esters is 2. The van der Waals surface area contributed by atoms with Gasteiger partial charge in [0.2, 0.25) is 0 Å². The molecule has 0 unspecified atom stereocenters. The highest BCUT2D eigenvalue weighted by molar-refractivity contribution is 5.82. The Balaban J connectivity index is 1.82. The van der Waals surface area contributed by atoms with E-state index in [1.807, 2.05) is 71.1 Å². The average molecular weight is 642 g/mol. The van der Waals surface area contributed by atoms with Crippen LogP contribution in [0.3, 0.4) is 0 Å². The van der Waals surface area contributed by atoms with E-state index in [1.165, 1.54) is 13.2 Å². The Kier molecular flexibility index (Phi) is 13.7. The summed E-state index contributed by atoms with van der Waals surface area (Å²) in [5.74, 6) is -1.11. The summed E-state index contributed by atoms with van der Waals surface area (Å²) in [5, 5.41) is 22.2. The fraction of sp³-hybridized carbons (Fsp3) is 0.583. The molecule has 1 aromatic heterocycles. The number of hydrogen-bond acceptors (Lipinski definition) is 10. The standard InChI is InChI=1S/C36H51NO9/c1-22(17-28-21-44-26(5)37-28)11-9-12-24(3)35(43-8)25(4)30-20-31(39)36(6)32(46-36)16-15-23(2)29(38)18-27(19-34(41)42-7)13-10-14-33(40)45-30/h9-12,14-17,21,23,25,27,29-32,35,38-39H,13,18-20H2,1-8H3/b11-9+,14-10+,16-15+,22-17-,24-12+/t23-,25+,27-,29-,30+,31+,32-,35+,36+/m1/s1. The summed E-state index contributed by atoms with van der Waals surface area (Å²) in [5.41, 5.74) is 1.78. The molecule has 0 aromatic carbocycles. The van der Waals surface area contributed by atoms with Crippen molar-refractivity contribution in [2.75, 3.05) is 14.2 Å². The predicted octanol–water partition coefficient (Wildman–Crippen LogP) is 5.44. The van der Waals surface area contributed by atoms with Crippen molar-refractivity contribution in [1.82, 2.24) is 4.98 Å². The molecule has 3 heterocycles. The first-order valence-corrected chi connectivity index (χ1v) is 15.9. The number of methoxy groups -OCH3 is 2. The molecular weight excluding hydrogens is 590 g/mol. The van der Waals surface area contributed by atoms with Crippen molar-refractivity contribution in [3.8, 4) is 0 Å². The zero-order chi connectivity index (χ0) is 34.0. The molecule has 3 rings (SSSR count). The largest absolute Gasteiger partial charge is 0.469 e. The molecule has 10 nitrogen and oxygen atoms in total. The van der Waals surface area contributed by atoms with Gasteiger partial charge in [-0.15, -0.1) is 0 Å². The molecule has 2 N–H and O–H groups in total. The summed E-state index contributed by atoms with van der Waals surface area (Å²) in [4.78, 5) is 29.4. The Morgan fingerprint density at radius 3 is 2.61 bits per heavy atom. The SMILES string of the molecule is COC(=O)C[C@@H]1C/C=C/C(=O)O[C@H]([C@H](C)[C@@H](OC)/C(C)=C/C=C/C(C)=C\c2coc(C)n2)C[C@H](O)[C@]2(C)O[C@@H]2/C=C/[C@@H](C)[C@H](O)C1. The van der Waals surface area contributed by atoms with Crippen LogP contribution in [0.15, 0.2) is 64.4 Å². The highest BCUT2D eigenvalue weighted by atomic mass is 16.6. The maximum atomic E-state index is 13.1. The molecule has 0 spiro atoms. The van der Waals surface area contributed by atoms with E-state index < -0.39 is 36.0 Å². The molecule has 46 heavy (non-hydrogen) atoms. The minimum Gasteiger partial charge on any atom is -0.469 e. The molecule has 2 aliphatic rings. The molecule has 1 saturated heterocycles. The van der Waals surface area contributed by atoms with E-state index in [2.05, 4.69) is 4.98 Å². The zero-order valence-electron chi connectivity index (χ0n) is 28.3. The second-order valence-corrected chi connectivity index (χ2v) is 12.7. The number of allylic oxidation sites excluding steroid dienone is 5. The molecule has 9 atom stereocenters. The van der Waals surface area contributed by atoms with Crippen LogP contribution in [0.1, 0.15) is 71.9 Å². The Labute approximate surface area is 272 Å². The van der Waals surface area contributed by atoms with Gasteiger partial charge in [-0.25, -0.2) is 9.78 Å². The molecule has 1 fully saturated rings. The van der Waals surface area contributed by atoms with Crippen molar-refractivity contribution in [3.63, 3.8) is 0 Å². The van der Waals surface area contributed by atoms with E-state index in [1.54, 1.807) is 26.4 Å². The highest BCUT2D eigenvalue weighted by Gasteiger charge is 2.57. The summed E-state index contributed by atoms with van der Waals surface area (Å²) in [6.45, 7) is 11.4. The van der Waals surface area contributed by atoms with Gasteiger partial charge in [-0.1, -0.05) is 50.3 Å². The van der Waals surface area contributed by atoms with Gasteiger partial charge in [-0.05, 0) is 56.8 Å². The number of oxazole rings is 1. The number of carbonyl (C=O) groups is 2. The number of aryl methyl sites for hydroxylation is 1. The average Bonchev–Trinajstić information content (AvgIpc) is 3.51. The van der Waals surface area contributed by atoms with E-state index in [9.17, 15) is 19.8 Å². The quantitative estimate of drug-likeness (QED) is 0.155. The first kappa shape index (κ1) is 37.2. The smallest absolute Gasteiger partial charge is 0.330 e. The van der Waals surface area contributed by atoms with Gasteiger partial charge < -0.3 is 33.6 Å². The van der Waals surface area contributed by atoms with Gasteiger partial charge >= 0.3 is 11.9 Å². The van der Waals surface area contributed by atoms with Crippen LogP contribution in [0.5, 0.6) is 0 Å². The number of nitrogens with zero attached hydrogens (tertiary/aromatic N) is 1. The monoisotopic (exact) mass is 641 g/mol. The van der Waals surface area contributed by atoms with Gasteiger partial charge in [0.15, 0.2) is 5.89 Å². The van der Waals surface area contributed by atoms with Crippen LogP contribution >= 0.6 is 0 Å². The summed E-state index contributed by atoms with van der Waals surface area (Å²) in [6, 6.07) is 0. The van der Waals surface area contributed by atoms with Crippen molar-refractivity contribution in [1.29, 1.82) is 0 Å². The lowest BCUT2D eigenvalue weighted by atomic mass is 9.85. The fourth-order valence-corrected chi connectivity index (χ4v) is 5.83. The van der Waals surface area contributed by atoms with Crippen molar-refractivity contribution in [2.45, 2.75) is 103 Å². The van der Waals surface area contributed by atoms with Crippen LogP contribution < -0.4 is 0 Å². The van der Waals surface area contributed by atoms with Crippen LogP contribution in [0, 0.1) is 24.7 Å². The number of cyclic esters (lactones) is 1. The van der Waals surface area contributed by atoms with Crippen LogP contribution in [-0.4, -0.2) is 77.5 Å². The Morgan fingerprint density at radius 2 is 1.96 bits per heavy atom. The second-order valence-electron chi connectivity index (χ2n) is 12.7. The molecule has 0 amide bonds. The lowest BCUT2D eigenvalue weighted by Gasteiger charge is -2.32. The van der Waals surface area contributed by atoms with E-state index >= 15 is 0 Å². The molecule has 0 aliphatic carbocycles. The summed E-state index contributed by atoms with van der Waals surface area (Å²) >= 11 is 0. The number of aliphatic hydroxyl groups is 2. The third kappa shape index (κ3) is 10.6. The molecule has 0 radical (unpaired) electrons. The van der Waals surface area contributed by atoms with E-state index in [-0.39, 0.29) is 42.7 Å². The molecule has 0 bridgehead atoms. The number of carbonyl (C=O) groups excluding carboxylic acids is 2. The number of aliphatic hydroxyl groups excluding tert-OH is 2. The normalized spacial score (nSPS) is 32.7. The first-order valence-electron chi connectivity index (χ1n) is 15.9. The summed E-state index contributed by atoms with van der Waals surface area (Å²) < 4.78 is 27.9. The van der Waals surface area contributed by atoms with Crippen molar-refractivity contribution in [2.24, 2.45) is 17.8 Å². The lowest BCUT2D eigenvalue weighted by molar-refractivity contribution is -0.150. The first-order chi connectivity index (χ1) is 21.8. The topological polar surface area (TPSA) is 141 Å². The summed E-state index contributed by atoms with van der Waals surface area (Å²) in [6.07, 6.45) is 14.0. The van der Waals surface area contributed by atoms with Crippen LogP contribution in [0.2, 0.25) is 0 Å². The van der Waals surface area contributed by atoms with E-state index in [0.29, 0.717) is 18.7 Å². The number of fused-ring (bicyclic) bond motifs is 1. The Hall–Kier alpha value is -3.31. The maximum Gasteiger partial charge on any atom is 0.330 e. The molecule has 10 heteroatoms. The minimum atomic E-state index is -0.932. The van der Waals surface area contributed by atoms with Crippen molar-refractivity contribution in [3.05, 3.63) is 71.5 Å². The minimum absolute atomic E-state index is 0.115. The van der Waals surface area contributed by atoms with Crippen LogP contribution in [0.25, 0.3) is 6.08 Å². The van der Waals surface area contributed by atoms with E-state index in [4.69, 9.17) is 23.4 Å². The van der Waals surface area contributed by atoms with Gasteiger partial charge in [0.25, 0.3) is 0 Å². The van der Waals surface area contributed by atoms with Crippen LogP contribution in [-0.2, 0) is 28.5 Å². The molecular formula is C36H51NO9. The fourth-order valence-electron chi connectivity index (χ4n) is 5.83. The van der Waals surface area contributed by atoms with Crippen LogP contribution in [0.4, 0.5) is 0 Å². The summed E-state index contributed by atoms with van der Waals surface area (Å²) in [7, 11) is 2.94. The number of epoxide rings is 1. The number of hydrogen-bond donors (Lipinski definition) is 2. The van der Waals surface area contributed by atoms with Crippen molar-refractivity contribution < 1.29 is 43.2 Å². The van der Waals surface area contributed by atoms with Gasteiger partial charge in [0.05, 0.1) is 25.4 Å². The second kappa shape index (κ2) is 17.0. The third-order valence-electron chi connectivity index (χ3n) is 8.95. The predicted molar refractivity (Wildman–Crippen MR) is 174 cm³/mol. The zero-order valence-corrected chi connectivity index (χ0v) is 28.3. The lowest BCUT2D eigenvalue weighted by Crippen LogP contribution is -2.41. The Bertz CT molecular complexity index is 1320. The molecule has 2 aliphatic heterocycles. The third-order valence-corrected chi connectivity index (χ3v) is 8.95. The van der Waals surface area contributed by atoms with Gasteiger partial charge in [0, 0.05) is 44.8 Å². The van der Waals surface area contributed by atoms with Gasteiger partial charge in [-0.2, -0.15) is 0 Å². The number of ether oxygens (including phenoxy) is 4. The highest BCUT2D eigenvalue weighted by Crippen LogP contribution is 2.43. The maximum absolute atomic E-state index is 13.1. The van der Waals surface area contributed by atoms with E-state index in [0.717, 1.165) is 16.8 Å².